The monoisotopic (exact) mass is 529 g/mol. The number of carbonyl (C=O) groups is 1. The molecule has 1 fully saturated rings. The Balaban J connectivity index is 1.70. The lowest BCUT2D eigenvalue weighted by Gasteiger charge is -2.39. The zero-order valence-corrected chi connectivity index (χ0v) is 21.3. The average molecular weight is 530 g/mol. The minimum atomic E-state index is -3.14. The van der Waals surface area contributed by atoms with Gasteiger partial charge in [0, 0.05) is 29.2 Å². The molecule has 2 atom stereocenters. The van der Waals surface area contributed by atoms with Gasteiger partial charge in [0.15, 0.2) is 9.84 Å². The molecule has 36 heavy (non-hydrogen) atoms. The topological polar surface area (TPSA) is 111 Å². The van der Waals surface area contributed by atoms with E-state index in [-0.39, 0.29) is 40.8 Å². The zero-order valence-electron chi connectivity index (χ0n) is 20.5. The van der Waals surface area contributed by atoms with Gasteiger partial charge in [-0.3, -0.25) is 9.48 Å². The van der Waals surface area contributed by atoms with Crippen molar-refractivity contribution in [2.24, 2.45) is 5.92 Å². The molecule has 4 rings (SSSR count). The van der Waals surface area contributed by atoms with Crippen LogP contribution in [0.4, 0.5) is 13.2 Å². The molecule has 1 saturated heterocycles. The lowest BCUT2D eigenvalue weighted by molar-refractivity contribution is -0.126. The molecule has 1 aromatic carbocycles. The van der Waals surface area contributed by atoms with Crippen molar-refractivity contribution in [2.75, 3.05) is 11.5 Å². The Morgan fingerprint density at radius 3 is 2.58 bits per heavy atom. The maximum atomic E-state index is 14.9. The molecule has 8 nitrogen and oxygen atoms in total. The van der Waals surface area contributed by atoms with E-state index in [9.17, 15) is 31.5 Å². The number of benzene rings is 1. The number of aromatic nitrogens is 2. The molecule has 1 aromatic heterocycles. The minimum Gasteiger partial charge on any atom is -0.435 e. The molecule has 0 saturated carbocycles. The van der Waals surface area contributed by atoms with Crippen molar-refractivity contribution < 1.29 is 36.2 Å². The molecule has 2 N–H and O–H groups in total. The van der Waals surface area contributed by atoms with Crippen LogP contribution in [0.5, 0.6) is 5.75 Å². The Morgan fingerprint density at radius 2 is 2.00 bits per heavy atom. The van der Waals surface area contributed by atoms with Crippen LogP contribution < -0.4 is 10.1 Å². The summed E-state index contributed by atoms with van der Waals surface area (Å²) in [6, 6.07) is 2.75. The molecule has 198 valence electrons. The Hall–Kier alpha value is -2.60. The second kappa shape index (κ2) is 9.05. The number of carbonyl (C=O) groups excluding carboxylic acids is 1. The molecular formula is C24H30F3N3O5S. The number of aliphatic hydroxyl groups is 1. The molecule has 1 aliphatic carbocycles. The lowest BCUT2D eigenvalue weighted by Crippen LogP contribution is -2.64. The third kappa shape index (κ3) is 5.24. The van der Waals surface area contributed by atoms with Crippen molar-refractivity contribution in [3.8, 4) is 17.0 Å². The molecule has 2 heterocycles. The van der Waals surface area contributed by atoms with Crippen LogP contribution in [0.15, 0.2) is 18.2 Å². The second-order valence-electron chi connectivity index (χ2n) is 10.6. The number of nitrogens with zero attached hydrogens (tertiary/aromatic N) is 2. The summed E-state index contributed by atoms with van der Waals surface area (Å²) in [4.78, 5) is 13.1. The molecule has 2 aliphatic rings. The fraction of sp³-hybridized carbons (Fsp3) is 0.583. The number of ether oxygens (including phenoxy) is 1. The van der Waals surface area contributed by atoms with Gasteiger partial charge in [-0.2, -0.15) is 13.9 Å². The number of rotatable bonds is 7. The second-order valence-corrected chi connectivity index (χ2v) is 12.7. The van der Waals surface area contributed by atoms with Crippen LogP contribution in [0.3, 0.4) is 0 Å². The predicted octanol–water partition coefficient (Wildman–Crippen LogP) is 3.03. The fourth-order valence-electron chi connectivity index (χ4n) is 4.96. The first-order valence-electron chi connectivity index (χ1n) is 11.7. The van der Waals surface area contributed by atoms with E-state index < -0.39 is 45.4 Å². The maximum absolute atomic E-state index is 14.9. The summed E-state index contributed by atoms with van der Waals surface area (Å²) in [5.74, 6) is -1.86. The first-order valence-corrected chi connectivity index (χ1v) is 13.5. The van der Waals surface area contributed by atoms with E-state index in [4.69, 9.17) is 0 Å². The number of amides is 1. The smallest absolute Gasteiger partial charge is 0.387 e. The molecule has 2 aromatic rings. The van der Waals surface area contributed by atoms with Crippen LogP contribution in [0.2, 0.25) is 0 Å². The number of fused-ring (bicyclic) bond motifs is 1. The number of alkyl halides is 2. The van der Waals surface area contributed by atoms with Gasteiger partial charge >= 0.3 is 6.61 Å². The highest BCUT2D eigenvalue weighted by atomic mass is 32.2. The van der Waals surface area contributed by atoms with Gasteiger partial charge in [0.25, 0.3) is 0 Å². The van der Waals surface area contributed by atoms with Crippen molar-refractivity contribution >= 4 is 15.7 Å². The summed E-state index contributed by atoms with van der Waals surface area (Å²) in [6.07, 6.45) is 1.01. The maximum Gasteiger partial charge on any atom is 0.387 e. The van der Waals surface area contributed by atoms with Crippen LogP contribution in [-0.2, 0) is 27.5 Å². The van der Waals surface area contributed by atoms with Gasteiger partial charge < -0.3 is 15.2 Å². The van der Waals surface area contributed by atoms with Gasteiger partial charge in [-0.25, -0.2) is 12.8 Å². The molecule has 0 radical (unpaired) electrons. The fourth-order valence-corrected chi connectivity index (χ4v) is 6.96. The van der Waals surface area contributed by atoms with Crippen LogP contribution in [0.1, 0.15) is 51.4 Å². The summed E-state index contributed by atoms with van der Waals surface area (Å²) >= 11 is 0. The van der Waals surface area contributed by atoms with E-state index in [1.165, 1.54) is 6.07 Å². The normalized spacial score (nSPS) is 21.4. The summed E-state index contributed by atoms with van der Waals surface area (Å²) in [6.45, 7) is 3.57. The Kier molecular flexibility index (Phi) is 6.66. The lowest BCUT2D eigenvalue weighted by atomic mass is 9.84. The number of nitrogens with one attached hydrogen (secondary N) is 1. The molecule has 1 aliphatic heterocycles. The molecule has 0 unspecified atom stereocenters. The molecule has 1 amide bonds. The third-order valence-electron chi connectivity index (χ3n) is 6.98. The van der Waals surface area contributed by atoms with Gasteiger partial charge in [0.05, 0.1) is 34.4 Å². The van der Waals surface area contributed by atoms with Crippen molar-refractivity contribution in [1.82, 2.24) is 15.1 Å². The van der Waals surface area contributed by atoms with Gasteiger partial charge in [0.2, 0.25) is 5.91 Å². The minimum absolute atomic E-state index is 0.0128. The van der Waals surface area contributed by atoms with Gasteiger partial charge in [-0.05, 0) is 58.7 Å². The summed E-state index contributed by atoms with van der Waals surface area (Å²) in [5.41, 5.74) is -0.483. The van der Waals surface area contributed by atoms with E-state index in [1.54, 1.807) is 32.4 Å². The summed E-state index contributed by atoms with van der Waals surface area (Å²) < 4.78 is 69.6. The quantitative estimate of drug-likeness (QED) is 0.571. The molecular weight excluding hydrogens is 499 g/mol. The first kappa shape index (κ1) is 26.5. The van der Waals surface area contributed by atoms with Gasteiger partial charge in [0.1, 0.15) is 11.6 Å². The van der Waals surface area contributed by atoms with Crippen molar-refractivity contribution in [3.63, 3.8) is 0 Å². The van der Waals surface area contributed by atoms with E-state index in [1.807, 2.05) is 0 Å². The third-order valence-corrected chi connectivity index (χ3v) is 9.14. The predicted molar refractivity (Wildman–Crippen MR) is 126 cm³/mol. The van der Waals surface area contributed by atoms with Crippen molar-refractivity contribution in [1.29, 1.82) is 0 Å². The van der Waals surface area contributed by atoms with Crippen LogP contribution in [0, 0.1) is 11.7 Å². The SMILES string of the molecule is C[C@@H](n1nc(-c2cc(OC(F)F)ccc2F)c2c1C[C@H](C(=O)NC1(C)CS(=O)(=O)C1)CC2)C(C)(C)O. The highest BCUT2D eigenvalue weighted by Crippen LogP contribution is 2.39. The Bertz CT molecular complexity index is 1270. The first-order chi connectivity index (χ1) is 16.6. The van der Waals surface area contributed by atoms with E-state index in [2.05, 4.69) is 15.2 Å². The van der Waals surface area contributed by atoms with Crippen LogP contribution in [0.25, 0.3) is 11.3 Å². The average Bonchev–Trinajstić information content (AvgIpc) is 3.10. The molecule has 12 heteroatoms. The Labute approximate surface area is 207 Å². The highest BCUT2D eigenvalue weighted by Gasteiger charge is 2.47. The van der Waals surface area contributed by atoms with E-state index in [0.29, 0.717) is 24.1 Å². The van der Waals surface area contributed by atoms with E-state index >= 15 is 0 Å². The number of halogens is 3. The van der Waals surface area contributed by atoms with Crippen molar-refractivity contribution in [2.45, 2.75) is 70.8 Å². The highest BCUT2D eigenvalue weighted by molar-refractivity contribution is 7.93. The number of hydrogen-bond donors (Lipinski definition) is 2. The van der Waals surface area contributed by atoms with Crippen molar-refractivity contribution in [3.05, 3.63) is 35.3 Å². The summed E-state index contributed by atoms with van der Waals surface area (Å²) in [5, 5.41) is 18.1. The zero-order chi connectivity index (χ0) is 26.6. The van der Waals surface area contributed by atoms with Crippen LogP contribution >= 0.6 is 0 Å². The number of sulfone groups is 1. The summed E-state index contributed by atoms with van der Waals surface area (Å²) in [7, 11) is -3.14. The number of hydrogen-bond acceptors (Lipinski definition) is 6. The standard InChI is InChI=1S/C24H30F3N3O5S/c1-13(23(2,3)32)30-19-9-14(21(31)28-24(4)11-36(33,34)12-24)5-7-16(19)20(29-30)17-10-15(35-22(26)27)6-8-18(17)25/h6,8,10,13-14,22,32H,5,7,9,11-12H2,1-4H3,(H,28,31)/t13-,14-/m1/s1. The van der Waals surface area contributed by atoms with Crippen LogP contribution in [-0.4, -0.2) is 58.5 Å². The van der Waals surface area contributed by atoms with Gasteiger partial charge in [-0.15, -0.1) is 0 Å². The van der Waals surface area contributed by atoms with E-state index in [0.717, 1.165) is 12.1 Å². The largest absolute Gasteiger partial charge is 0.435 e. The van der Waals surface area contributed by atoms with Gasteiger partial charge in [-0.1, -0.05) is 0 Å². The Morgan fingerprint density at radius 1 is 1.33 bits per heavy atom. The molecule has 0 spiro atoms. The molecule has 0 bridgehead atoms.